The number of benzene rings is 2. The fourth-order valence-corrected chi connectivity index (χ4v) is 4.00. The molecule has 0 bridgehead atoms. The molecule has 3 rings (SSSR count). The molecule has 2 aromatic rings. The minimum atomic E-state index is -0.601. The Labute approximate surface area is 188 Å². The number of Topliss-reactive ketones (excluding diaryl/α,β-unsaturated/α-hetero) is 1. The normalized spacial score (nSPS) is 14.1. The summed E-state index contributed by atoms with van der Waals surface area (Å²) in [5.41, 5.74) is 4.66. The summed E-state index contributed by atoms with van der Waals surface area (Å²) in [5, 5.41) is 5.84. The Hall–Kier alpha value is -3.19. The zero-order valence-corrected chi connectivity index (χ0v) is 18.7. The third kappa shape index (κ3) is 5.73. The van der Waals surface area contributed by atoms with Crippen LogP contribution >= 0.6 is 0 Å². The van der Waals surface area contributed by atoms with Gasteiger partial charge in [0.15, 0.2) is 0 Å². The van der Waals surface area contributed by atoms with Crippen molar-refractivity contribution in [3.05, 3.63) is 59.7 Å². The number of carbonyl (C=O) groups excluding carboxylic acids is 3. The minimum Gasteiger partial charge on any atom is -0.468 e. The van der Waals surface area contributed by atoms with Crippen molar-refractivity contribution in [1.82, 2.24) is 10.6 Å². The van der Waals surface area contributed by atoms with Crippen LogP contribution in [0, 0.1) is 0 Å². The van der Waals surface area contributed by atoms with E-state index in [-0.39, 0.29) is 30.8 Å². The van der Waals surface area contributed by atoms with E-state index >= 15 is 0 Å². The zero-order valence-electron chi connectivity index (χ0n) is 18.7. The highest BCUT2D eigenvalue weighted by Gasteiger charge is 2.29. The highest BCUT2D eigenvalue weighted by molar-refractivity contribution is 5.80. The number of alkyl carbamates (subject to hydrolysis) is 1. The van der Waals surface area contributed by atoms with E-state index in [9.17, 15) is 14.4 Å². The number of carbonyl (C=O) groups is 3. The maximum absolute atomic E-state index is 12.4. The van der Waals surface area contributed by atoms with Crippen LogP contribution in [0.3, 0.4) is 0 Å². The smallest absolute Gasteiger partial charge is 0.407 e. The molecule has 1 amide bonds. The van der Waals surface area contributed by atoms with Crippen LogP contribution in [0.15, 0.2) is 48.5 Å². The quantitative estimate of drug-likeness (QED) is 0.552. The van der Waals surface area contributed by atoms with E-state index in [1.807, 2.05) is 31.2 Å². The van der Waals surface area contributed by atoms with Gasteiger partial charge in [0, 0.05) is 24.9 Å². The number of hydrogen-bond donors (Lipinski definition) is 2. The summed E-state index contributed by atoms with van der Waals surface area (Å²) in [7, 11) is 1.31. The average Bonchev–Trinajstić information content (AvgIpc) is 3.11. The second kappa shape index (κ2) is 10.9. The van der Waals surface area contributed by atoms with Gasteiger partial charge in [0.05, 0.1) is 7.11 Å². The third-order valence-corrected chi connectivity index (χ3v) is 5.65. The van der Waals surface area contributed by atoms with Gasteiger partial charge in [0.25, 0.3) is 0 Å². The Bertz CT molecular complexity index is 929. The van der Waals surface area contributed by atoms with Crippen molar-refractivity contribution < 1.29 is 23.9 Å². The van der Waals surface area contributed by atoms with Gasteiger partial charge in [-0.1, -0.05) is 48.5 Å². The summed E-state index contributed by atoms with van der Waals surface area (Å²) in [6.07, 6.45) is 0.111. The molecule has 0 fully saturated rings. The van der Waals surface area contributed by atoms with E-state index in [1.165, 1.54) is 25.2 Å². The number of rotatable bonds is 10. The van der Waals surface area contributed by atoms with Crippen molar-refractivity contribution in [2.24, 2.45) is 0 Å². The van der Waals surface area contributed by atoms with Gasteiger partial charge in [-0.3, -0.25) is 4.79 Å². The molecule has 0 aromatic heterocycles. The van der Waals surface area contributed by atoms with Gasteiger partial charge in [0.1, 0.15) is 18.4 Å². The summed E-state index contributed by atoms with van der Waals surface area (Å²) in [4.78, 5) is 35.5. The molecule has 1 aliphatic rings. The largest absolute Gasteiger partial charge is 0.468 e. The number of ketones is 1. The van der Waals surface area contributed by atoms with Crippen molar-refractivity contribution in [2.45, 2.75) is 44.7 Å². The van der Waals surface area contributed by atoms with Crippen molar-refractivity contribution in [1.29, 1.82) is 0 Å². The Morgan fingerprint density at radius 3 is 2.16 bits per heavy atom. The molecule has 0 unspecified atom stereocenters. The predicted octanol–water partition coefficient (Wildman–Crippen LogP) is 3.41. The summed E-state index contributed by atoms with van der Waals surface area (Å²) in [6.45, 7) is 3.87. The monoisotopic (exact) mass is 438 g/mol. The Morgan fingerprint density at radius 1 is 1.00 bits per heavy atom. The summed E-state index contributed by atoms with van der Waals surface area (Å²) < 4.78 is 10.3. The van der Waals surface area contributed by atoms with Crippen LogP contribution in [-0.2, 0) is 19.1 Å². The van der Waals surface area contributed by atoms with Gasteiger partial charge in [-0.15, -0.1) is 0 Å². The summed E-state index contributed by atoms with van der Waals surface area (Å²) in [6, 6.07) is 15.5. The van der Waals surface area contributed by atoms with Gasteiger partial charge in [-0.25, -0.2) is 4.79 Å². The fraction of sp³-hybridized carbons (Fsp3) is 0.400. The first-order chi connectivity index (χ1) is 15.4. The molecule has 0 radical (unpaired) electrons. The molecule has 7 heteroatoms. The number of hydrogen-bond acceptors (Lipinski definition) is 6. The number of amides is 1. The van der Waals surface area contributed by atoms with Crippen LogP contribution in [0.25, 0.3) is 11.1 Å². The number of ether oxygens (including phenoxy) is 2. The van der Waals surface area contributed by atoms with Crippen LogP contribution in [0.4, 0.5) is 4.79 Å². The SMILES string of the molecule is COC(=O)[C@H](CCC(C)=O)NC[C@H](C)NC(=O)OCC1c2ccccc2-c2ccccc21. The van der Waals surface area contributed by atoms with Gasteiger partial charge >= 0.3 is 12.1 Å². The van der Waals surface area contributed by atoms with Crippen LogP contribution in [0.5, 0.6) is 0 Å². The second-order valence-electron chi connectivity index (χ2n) is 8.10. The number of esters is 1. The Morgan fingerprint density at radius 2 is 1.59 bits per heavy atom. The van der Waals surface area contributed by atoms with Crippen LogP contribution in [0.2, 0.25) is 0 Å². The van der Waals surface area contributed by atoms with E-state index in [0.29, 0.717) is 13.0 Å². The van der Waals surface area contributed by atoms with E-state index < -0.39 is 18.1 Å². The van der Waals surface area contributed by atoms with E-state index in [1.54, 1.807) is 0 Å². The number of fused-ring (bicyclic) bond motifs is 3. The third-order valence-electron chi connectivity index (χ3n) is 5.65. The first kappa shape index (κ1) is 23.5. The summed E-state index contributed by atoms with van der Waals surface area (Å²) in [5.74, 6) is -0.429. The van der Waals surface area contributed by atoms with Crippen molar-refractivity contribution in [3.8, 4) is 11.1 Å². The van der Waals surface area contributed by atoms with Crippen molar-refractivity contribution in [2.75, 3.05) is 20.3 Å². The molecular weight excluding hydrogens is 408 g/mol. The van der Waals surface area contributed by atoms with Crippen LogP contribution < -0.4 is 10.6 Å². The minimum absolute atomic E-state index is 0.00290. The first-order valence-electron chi connectivity index (χ1n) is 10.8. The number of methoxy groups -OCH3 is 1. The molecule has 0 saturated heterocycles. The van der Waals surface area contributed by atoms with Gasteiger partial charge in [-0.2, -0.15) is 0 Å². The molecule has 7 nitrogen and oxygen atoms in total. The van der Waals surface area contributed by atoms with Gasteiger partial charge < -0.3 is 24.9 Å². The molecule has 2 atom stereocenters. The highest BCUT2D eigenvalue weighted by atomic mass is 16.5. The lowest BCUT2D eigenvalue weighted by atomic mass is 9.98. The standard InChI is InChI=1S/C25H30N2O5/c1-16(14-26-23(24(29)31-3)13-12-17(2)28)27-25(30)32-15-22-20-10-6-4-8-18(20)19-9-5-7-11-21(19)22/h4-11,16,22-23,26H,12-15H2,1-3H3,(H,27,30)/t16-,23-/m0/s1. The van der Waals surface area contributed by atoms with Gasteiger partial charge in [-0.05, 0) is 42.5 Å². The molecule has 0 saturated carbocycles. The maximum Gasteiger partial charge on any atom is 0.407 e. The van der Waals surface area contributed by atoms with Gasteiger partial charge in [0.2, 0.25) is 0 Å². The Balaban J connectivity index is 1.51. The lowest BCUT2D eigenvalue weighted by molar-refractivity contribution is -0.143. The molecule has 0 spiro atoms. The molecule has 32 heavy (non-hydrogen) atoms. The fourth-order valence-electron chi connectivity index (χ4n) is 4.00. The lowest BCUT2D eigenvalue weighted by Gasteiger charge is -2.20. The zero-order chi connectivity index (χ0) is 23.1. The first-order valence-corrected chi connectivity index (χ1v) is 10.8. The maximum atomic E-state index is 12.4. The molecule has 2 N–H and O–H groups in total. The molecule has 0 heterocycles. The highest BCUT2D eigenvalue weighted by Crippen LogP contribution is 2.44. The van der Waals surface area contributed by atoms with Crippen LogP contribution in [-0.4, -0.2) is 50.2 Å². The molecule has 2 aromatic carbocycles. The number of nitrogens with one attached hydrogen (secondary N) is 2. The second-order valence-corrected chi connectivity index (χ2v) is 8.10. The molecule has 0 aliphatic heterocycles. The average molecular weight is 439 g/mol. The van der Waals surface area contributed by atoms with Crippen molar-refractivity contribution in [3.63, 3.8) is 0 Å². The molecular formula is C25H30N2O5. The van der Waals surface area contributed by atoms with Crippen molar-refractivity contribution >= 4 is 17.8 Å². The summed E-state index contributed by atoms with van der Waals surface area (Å²) >= 11 is 0. The Kier molecular flexibility index (Phi) is 8.00. The molecule has 170 valence electrons. The molecule has 1 aliphatic carbocycles. The van der Waals surface area contributed by atoms with E-state index in [0.717, 1.165) is 11.1 Å². The predicted molar refractivity (Wildman–Crippen MR) is 121 cm³/mol. The van der Waals surface area contributed by atoms with E-state index in [4.69, 9.17) is 9.47 Å². The topological polar surface area (TPSA) is 93.7 Å². The van der Waals surface area contributed by atoms with E-state index in [2.05, 4.69) is 34.9 Å². The lowest BCUT2D eigenvalue weighted by Crippen LogP contribution is -2.46. The van der Waals surface area contributed by atoms with Crippen LogP contribution in [0.1, 0.15) is 43.7 Å².